The smallest absolute Gasteiger partial charge is 0.234 e. The number of nitriles is 1. The molecule has 0 aromatic heterocycles. The molecule has 11 heavy (non-hydrogen) atoms. The summed E-state index contributed by atoms with van der Waals surface area (Å²) in [5.41, 5.74) is 0. The molecule has 1 heterocycles. The van der Waals surface area contributed by atoms with Gasteiger partial charge >= 0.3 is 0 Å². The lowest BCUT2D eigenvalue weighted by Gasteiger charge is -2.10. The maximum Gasteiger partial charge on any atom is 0.234 e. The summed E-state index contributed by atoms with van der Waals surface area (Å²) < 4.78 is 0. The second-order valence-electron chi connectivity index (χ2n) is 2.87. The predicted molar refractivity (Wildman–Crippen MR) is 33.9 cm³/mol. The minimum Gasteiger partial charge on any atom is -0.274 e. The molecular formula is C7H6N2O2. The van der Waals surface area contributed by atoms with Crippen molar-refractivity contribution in [2.75, 3.05) is 6.54 Å². The van der Waals surface area contributed by atoms with Crippen LogP contribution in [0.1, 0.15) is 6.42 Å². The molecular weight excluding hydrogens is 144 g/mol. The molecule has 2 unspecified atom stereocenters. The second-order valence-corrected chi connectivity index (χ2v) is 2.87. The monoisotopic (exact) mass is 150 g/mol. The van der Waals surface area contributed by atoms with E-state index in [2.05, 4.69) is 0 Å². The first-order valence-electron chi connectivity index (χ1n) is 3.48. The van der Waals surface area contributed by atoms with Gasteiger partial charge in [-0.15, -0.1) is 0 Å². The molecule has 4 nitrogen and oxygen atoms in total. The predicted octanol–water partition coefficient (Wildman–Crippen LogP) is -0.485. The van der Waals surface area contributed by atoms with Gasteiger partial charge in [-0.05, 0) is 6.42 Å². The first-order chi connectivity index (χ1) is 5.25. The topological polar surface area (TPSA) is 61.2 Å². The highest BCUT2D eigenvalue weighted by atomic mass is 16.2. The van der Waals surface area contributed by atoms with Gasteiger partial charge in [0.05, 0.1) is 17.9 Å². The number of nitrogens with zero attached hydrogens (tertiary/aromatic N) is 2. The van der Waals surface area contributed by atoms with Crippen molar-refractivity contribution in [3.63, 3.8) is 0 Å². The highest BCUT2D eigenvalue weighted by Crippen LogP contribution is 2.46. The number of carbonyl (C=O) groups excluding carboxylic acids is 2. The summed E-state index contributed by atoms with van der Waals surface area (Å²) in [6.45, 7) is -0.0787. The van der Waals surface area contributed by atoms with E-state index < -0.39 is 0 Å². The molecule has 0 N–H and O–H groups in total. The normalized spacial score (nSPS) is 33.5. The molecule has 1 saturated carbocycles. The van der Waals surface area contributed by atoms with Crippen LogP contribution in [0.5, 0.6) is 0 Å². The maximum atomic E-state index is 11.1. The van der Waals surface area contributed by atoms with Crippen LogP contribution in [0.3, 0.4) is 0 Å². The van der Waals surface area contributed by atoms with Gasteiger partial charge in [0.15, 0.2) is 0 Å². The van der Waals surface area contributed by atoms with E-state index >= 15 is 0 Å². The van der Waals surface area contributed by atoms with Gasteiger partial charge in [-0.25, -0.2) is 0 Å². The lowest BCUT2D eigenvalue weighted by molar-refractivity contribution is -0.140. The zero-order valence-corrected chi connectivity index (χ0v) is 5.78. The lowest BCUT2D eigenvalue weighted by atomic mass is 10.4. The Morgan fingerprint density at radius 2 is 2.00 bits per heavy atom. The number of hydrogen-bond donors (Lipinski definition) is 0. The molecule has 2 fully saturated rings. The highest BCUT2D eigenvalue weighted by Gasteiger charge is 2.58. The number of imide groups is 1. The van der Waals surface area contributed by atoms with Crippen LogP contribution in [-0.4, -0.2) is 23.3 Å². The van der Waals surface area contributed by atoms with Crippen LogP contribution in [0.25, 0.3) is 0 Å². The Morgan fingerprint density at radius 1 is 1.45 bits per heavy atom. The van der Waals surface area contributed by atoms with E-state index in [-0.39, 0.29) is 30.2 Å². The van der Waals surface area contributed by atoms with E-state index in [9.17, 15) is 9.59 Å². The summed E-state index contributed by atoms with van der Waals surface area (Å²) in [6.07, 6.45) is 0.708. The van der Waals surface area contributed by atoms with E-state index in [0.717, 1.165) is 4.90 Å². The van der Waals surface area contributed by atoms with Crippen molar-refractivity contribution in [1.29, 1.82) is 5.26 Å². The van der Waals surface area contributed by atoms with Gasteiger partial charge in [0, 0.05) is 0 Å². The molecule has 56 valence electrons. The molecule has 0 aromatic carbocycles. The van der Waals surface area contributed by atoms with E-state index in [1.165, 1.54) is 0 Å². The third-order valence-corrected chi connectivity index (χ3v) is 2.19. The average molecular weight is 150 g/mol. The Morgan fingerprint density at radius 3 is 2.45 bits per heavy atom. The fourth-order valence-electron chi connectivity index (χ4n) is 1.48. The fourth-order valence-corrected chi connectivity index (χ4v) is 1.48. The molecule has 4 heteroatoms. The van der Waals surface area contributed by atoms with Gasteiger partial charge in [-0.1, -0.05) is 0 Å². The van der Waals surface area contributed by atoms with E-state index in [1.807, 2.05) is 0 Å². The van der Waals surface area contributed by atoms with Crippen molar-refractivity contribution < 1.29 is 9.59 Å². The molecule has 0 aromatic rings. The molecule has 2 atom stereocenters. The van der Waals surface area contributed by atoms with Crippen molar-refractivity contribution in [3.05, 3.63) is 0 Å². The summed E-state index contributed by atoms with van der Waals surface area (Å²) >= 11 is 0. The minimum absolute atomic E-state index is 0.0733. The Labute approximate surface area is 63.4 Å². The number of amides is 2. The SMILES string of the molecule is N#CCN1C(=O)C2CC2C1=O. The van der Waals surface area contributed by atoms with Crippen LogP contribution >= 0.6 is 0 Å². The number of hydrogen-bond acceptors (Lipinski definition) is 3. The number of rotatable bonds is 1. The van der Waals surface area contributed by atoms with Crippen LogP contribution in [0, 0.1) is 23.2 Å². The average Bonchev–Trinajstić information content (AvgIpc) is 2.71. The quantitative estimate of drug-likeness (QED) is 0.374. The molecule has 0 spiro atoms. The van der Waals surface area contributed by atoms with Gasteiger partial charge in [0.25, 0.3) is 0 Å². The first-order valence-corrected chi connectivity index (χ1v) is 3.48. The zero-order chi connectivity index (χ0) is 8.01. The van der Waals surface area contributed by atoms with Crippen LogP contribution < -0.4 is 0 Å². The number of fused-ring (bicyclic) bond motifs is 1. The van der Waals surface area contributed by atoms with Crippen LogP contribution in [0.15, 0.2) is 0 Å². The van der Waals surface area contributed by atoms with Crippen molar-refractivity contribution in [3.8, 4) is 6.07 Å². The Hall–Kier alpha value is -1.37. The lowest BCUT2D eigenvalue weighted by Crippen LogP contribution is -2.33. The molecule has 2 amide bonds. The number of piperidine rings is 1. The summed E-state index contributed by atoms with van der Waals surface area (Å²) in [5, 5.41) is 8.27. The molecule has 2 aliphatic rings. The third kappa shape index (κ3) is 0.679. The summed E-state index contributed by atoms with van der Waals surface area (Å²) in [4.78, 5) is 23.3. The van der Waals surface area contributed by atoms with Crippen LogP contribution in [0.4, 0.5) is 0 Å². The van der Waals surface area contributed by atoms with Crippen molar-refractivity contribution in [2.24, 2.45) is 11.8 Å². The van der Waals surface area contributed by atoms with Gasteiger partial charge in [0.2, 0.25) is 11.8 Å². The van der Waals surface area contributed by atoms with Crippen molar-refractivity contribution >= 4 is 11.8 Å². The second kappa shape index (κ2) is 1.82. The van der Waals surface area contributed by atoms with E-state index in [4.69, 9.17) is 5.26 Å². The molecule has 0 bridgehead atoms. The number of carbonyl (C=O) groups is 2. The molecule has 2 rings (SSSR count). The van der Waals surface area contributed by atoms with Crippen LogP contribution in [-0.2, 0) is 9.59 Å². The maximum absolute atomic E-state index is 11.1. The van der Waals surface area contributed by atoms with Gasteiger partial charge in [-0.3, -0.25) is 14.5 Å². The van der Waals surface area contributed by atoms with Crippen molar-refractivity contribution in [1.82, 2.24) is 4.90 Å². The number of likely N-dealkylation sites (tertiary alicyclic amines) is 1. The van der Waals surface area contributed by atoms with E-state index in [0.29, 0.717) is 6.42 Å². The summed E-state index contributed by atoms with van der Waals surface area (Å²) in [6, 6.07) is 1.80. The first kappa shape index (κ1) is 6.35. The molecule has 0 radical (unpaired) electrons. The fraction of sp³-hybridized carbons (Fsp3) is 0.571. The van der Waals surface area contributed by atoms with E-state index in [1.54, 1.807) is 6.07 Å². The molecule has 1 aliphatic carbocycles. The Kier molecular flexibility index (Phi) is 1.05. The van der Waals surface area contributed by atoms with Gasteiger partial charge < -0.3 is 0 Å². The van der Waals surface area contributed by atoms with Crippen molar-refractivity contribution in [2.45, 2.75) is 6.42 Å². The minimum atomic E-state index is -0.151. The summed E-state index contributed by atoms with van der Waals surface area (Å²) in [5.74, 6) is -0.449. The molecule has 1 aliphatic heterocycles. The highest BCUT2D eigenvalue weighted by molar-refractivity contribution is 6.08. The van der Waals surface area contributed by atoms with Gasteiger partial charge in [0.1, 0.15) is 6.54 Å². The largest absolute Gasteiger partial charge is 0.274 e. The third-order valence-electron chi connectivity index (χ3n) is 2.19. The Bertz CT molecular complexity index is 259. The van der Waals surface area contributed by atoms with Gasteiger partial charge in [-0.2, -0.15) is 5.26 Å². The summed E-state index contributed by atoms with van der Waals surface area (Å²) in [7, 11) is 0. The Balaban J connectivity index is 2.18. The van der Waals surface area contributed by atoms with Crippen LogP contribution in [0.2, 0.25) is 0 Å². The molecule has 1 saturated heterocycles. The standard InChI is InChI=1S/C7H6N2O2/c8-1-2-9-6(10)4-3-5(4)7(9)11/h4-5H,2-3H2. The zero-order valence-electron chi connectivity index (χ0n) is 5.78.